The molecule has 0 spiro atoms. The molecule has 0 atom stereocenters. The van der Waals surface area contributed by atoms with Crippen LogP contribution in [0.2, 0.25) is 0 Å². The Hall–Kier alpha value is -3.98. The van der Waals surface area contributed by atoms with Gasteiger partial charge in [0.2, 0.25) is 5.75 Å². The largest absolute Gasteiger partial charge is 0.493 e. The zero-order valence-electron chi connectivity index (χ0n) is 23.0. The number of piperidine rings is 1. The van der Waals surface area contributed by atoms with Crippen LogP contribution in [0.15, 0.2) is 54.6 Å². The number of amides is 1. The lowest BCUT2D eigenvalue weighted by Gasteiger charge is -2.39. The summed E-state index contributed by atoms with van der Waals surface area (Å²) in [4.78, 5) is 17.9. The third-order valence-corrected chi connectivity index (χ3v) is 7.06. The normalized spacial score (nSPS) is 14.0. The Morgan fingerprint density at radius 1 is 0.795 bits per heavy atom. The van der Waals surface area contributed by atoms with E-state index in [2.05, 4.69) is 4.90 Å². The molecule has 1 aliphatic rings. The number of rotatable bonds is 10. The van der Waals surface area contributed by atoms with Crippen LogP contribution in [-0.4, -0.2) is 65.5 Å². The molecule has 1 amide bonds. The summed E-state index contributed by atoms with van der Waals surface area (Å²) in [6.07, 6.45) is 1.49. The number of methoxy groups -OCH3 is 5. The van der Waals surface area contributed by atoms with Gasteiger partial charge in [-0.25, -0.2) is 4.39 Å². The van der Waals surface area contributed by atoms with Gasteiger partial charge in [-0.1, -0.05) is 6.07 Å². The van der Waals surface area contributed by atoms with Crippen molar-refractivity contribution in [2.24, 2.45) is 0 Å². The van der Waals surface area contributed by atoms with Crippen molar-refractivity contribution in [3.8, 4) is 28.7 Å². The molecular weight excluding hydrogens is 503 g/mol. The molecule has 0 aliphatic carbocycles. The van der Waals surface area contributed by atoms with Gasteiger partial charge >= 0.3 is 0 Å². The smallest absolute Gasteiger partial charge is 0.258 e. The van der Waals surface area contributed by atoms with E-state index in [1.165, 1.54) is 24.3 Å². The number of nitrogens with zero attached hydrogens (tertiary/aromatic N) is 2. The fourth-order valence-corrected chi connectivity index (χ4v) is 5.06. The van der Waals surface area contributed by atoms with E-state index in [0.29, 0.717) is 46.5 Å². The molecule has 1 saturated heterocycles. The molecule has 0 aromatic heterocycles. The van der Waals surface area contributed by atoms with Gasteiger partial charge in [-0.2, -0.15) is 0 Å². The molecular formula is C30H35FN2O6. The van der Waals surface area contributed by atoms with Gasteiger partial charge in [0.15, 0.2) is 23.0 Å². The zero-order chi connectivity index (χ0) is 27.9. The first-order chi connectivity index (χ1) is 18.9. The lowest BCUT2D eigenvalue weighted by atomic mass is 9.99. The highest BCUT2D eigenvalue weighted by Gasteiger charge is 2.31. The number of likely N-dealkylation sites (tertiary alicyclic amines) is 1. The molecule has 9 heteroatoms. The standard InChI is InChI=1S/C30H35FN2O6/c1-35-25-13-11-24(18-27(25)37-3)33(30(34)20-6-9-22(31)10-7-20)23-14-16-32(17-15-23)19-21-8-12-26(36-2)29(39-5)28(21)38-4/h6-13,18,23H,14-17,19H2,1-5H3. The summed E-state index contributed by atoms with van der Waals surface area (Å²) in [6.45, 7) is 2.20. The fourth-order valence-electron chi connectivity index (χ4n) is 5.06. The maximum atomic E-state index is 13.8. The van der Waals surface area contributed by atoms with E-state index in [0.717, 1.165) is 31.5 Å². The van der Waals surface area contributed by atoms with Gasteiger partial charge in [0.05, 0.1) is 35.5 Å². The SMILES string of the molecule is COc1ccc(N(C(=O)c2ccc(F)cc2)C2CCN(Cc3ccc(OC)c(OC)c3OC)CC2)cc1OC. The van der Waals surface area contributed by atoms with E-state index in [1.54, 1.807) is 52.6 Å². The van der Waals surface area contributed by atoms with Crippen molar-refractivity contribution in [2.45, 2.75) is 25.4 Å². The number of anilines is 1. The minimum atomic E-state index is -0.386. The molecule has 3 aromatic carbocycles. The molecule has 1 fully saturated rings. The van der Waals surface area contributed by atoms with E-state index in [9.17, 15) is 9.18 Å². The predicted molar refractivity (Wildman–Crippen MR) is 147 cm³/mol. The van der Waals surface area contributed by atoms with Crippen LogP contribution < -0.4 is 28.6 Å². The first-order valence-electron chi connectivity index (χ1n) is 12.7. The van der Waals surface area contributed by atoms with Crippen molar-refractivity contribution in [3.05, 3.63) is 71.5 Å². The molecule has 208 valence electrons. The van der Waals surface area contributed by atoms with Crippen LogP contribution in [0.25, 0.3) is 0 Å². The monoisotopic (exact) mass is 538 g/mol. The minimum Gasteiger partial charge on any atom is -0.493 e. The van der Waals surface area contributed by atoms with E-state index >= 15 is 0 Å². The number of hydrogen-bond acceptors (Lipinski definition) is 7. The van der Waals surface area contributed by atoms with Crippen molar-refractivity contribution in [1.29, 1.82) is 0 Å². The molecule has 39 heavy (non-hydrogen) atoms. The maximum absolute atomic E-state index is 13.8. The summed E-state index contributed by atoms with van der Waals surface area (Å²) in [6, 6.07) is 14.9. The molecule has 0 saturated carbocycles. The highest BCUT2D eigenvalue weighted by molar-refractivity contribution is 6.06. The van der Waals surface area contributed by atoms with Gasteiger partial charge in [-0.15, -0.1) is 0 Å². The van der Waals surface area contributed by atoms with E-state index in [-0.39, 0.29) is 17.8 Å². The van der Waals surface area contributed by atoms with E-state index in [4.69, 9.17) is 23.7 Å². The average molecular weight is 539 g/mol. The number of carbonyl (C=O) groups excluding carboxylic acids is 1. The lowest BCUT2D eigenvalue weighted by molar-refractivity contribution is 0.0958. The molecule has 1 aliphatic heterocycles. The van der Waals surface area contributed by atoms with Gasteiger partial charge in [0, 0.05) is 48.6 Å². The third-order valence-electron chi connectivity index (χ3n) is 7.06. The van der Waals surface area contributed by atoms with Crippen LogP contribution in [0.4, 0.5) is 10.1 Å². The van der Waals surface area contributed by atoms with Crippen LogP contribution in [0.1, 0.15) is 28.8 Å². The molecule has 3 aromatic rings. The van der Waals surface area contributed by atoms with Gasteiger partial charge in [0.1, 0.15) is 5.82 Å². The van der Waals surface area contributed by atoms with Gasteiger partial charge in [0.25, 0.3) is 5.91 Å². The first-order valence-corrected chi connectivity index (χ1v) is 12.7. The summed E-state index contributed by atoms with van der Waals surface area (Å²) in [5, 5.41) is 0. The molecule has 0 bridgehead atoms. The van der Waals surface area contributed by atoms with Gasteiger partial charge < -0.3 is 28.6 Å². The topological polar surface area (TPSA) is 69.7 Å². The molecule has 0 unspecified atom stereocenters. The van der Waals surface area contributed by atoms with Crippen LogP contribution >= 0.6 is 0 Å². The average Bonchev–Trinajstić information content (AvgIpc) is 2.97. The fraction of sp³-hybridized carbons (Fsp3) is 0.367. The van der Waals surface area contributed by atoms with E-state index in [1.807, 2.05) is 18.2 Å². The van der Waals surface area contributed by atoms with E-state index < -0.39 is 0 Å². The highest BCUT2D eigenvalue weighted by Crippen LogP contribution is 2.41. The van der Waals surface area contributed by atoms with Gasteiger partial charge in [-0.3, -0.25) is 9.69 Å². The number of ether oxygens (including phenoxy) is 5. The molecule has 4 rings (SSSR count). The van der Waals surface area contributed by atoms with Crippen molar-refractivity contribution in [3.63, 3.8) is 0 Å². The quantitative estimate of drug-likeness (QED) is 0.352. The Morgan fingerprint density at radius 3 is 2.00 bits per heavy atom. The molecule has 0 radical (unpaired) electrons. The Bertz CT molecular complexity index is 1280. The Labute approximate surface area is 228 Å². The minimum absolute atomic E-state index is 0.0656. The Balaban J connectivity index is 1.57. The number of hydrogen-bond donors (Lipinski definition) is 0. The lowest BCUT2D eigenvalue weighted by Crippen LogP contribution is -2.47. The Morgan fingerprint density at radius 2 is 1.41 bits per heavy atom. The second-order valence-corrected chi connectivity index (χ2v) is 9.22. The number of halogens is 1. The first kappa shape index (κ1) is 28.0. The van der Waals surface area contributed by atoms with Crippen molar-refractivity contribution < 1.29 is 32.9 Å². The van der Waals surface area contributed by atoms with Crippen LogP contribution in [-0.2, 0) is 6.54 Å². The zero-order valence-corrected chi connectivity index (χ0v) is 23.0. The Kier molecular flexibility index (Phi) is 9.14. The van der Waals surface area contributed by atoms with Crippen molar-refractivity contribution in [2.75, 3.05) is 53.5 Å². The molecule has 0 N–H and O–H groups in total. The molecule has 8 nitrogen and oxygen atoms in total. The van der Waals surface area contributed by atoms with Crippen molar-refractivity contribution >= 4 is 11.6 Å². The predicted octanol–water partition coefficient (Wildman–Crippen LogP) is 5.18. The van der Waals surface area contributed by atoms with Crippen molar-refractivity contribution in [1.82, 2.24) is 4.90 Å². The van der Waals surface area contributed by atoms with Crippen LogP contribution in [0.3, 0.4) is 0 Å². The van der Waals surface area contributed by atoms with Crippen LogP contribution in [0.5, 0.6) is 28.7 Å². The van der Waals surface area contributed by atoms with Crippen LogP contribution in [0, 0.1) is 5.82 Å². The maximum Gasteiger partial charge on any atom is 0.258 e. The molecule has 1 heterocycles. The summed E-state index contributed by atoms with van der Waals surface area (Å²) in [5.41, 5.74) is 2.11. The summed E-state index contributed by atoms with van der Waals surface area (Å²) >= 11 is 0. The third kappa shape index (κ3) is 6.04. The number of carbonyl (C=O) groups is 1. The summed E-state index contributed by atoms with van der Waals surface area (Å²) in [7, 11) is 7.95. The highest BCUT2D eigenvalue weighted by atomic mass is 19.1. The summed E-state index contributed by atoms with van der Waals surface area (Å²) in [5.74, 6) is 2.36. The second kappa shape index (κ2) is 12.7. The van der Waals surface area contributed by atoms with Gasteiger partial charge in [-0.05, 0) is 55.3 Å². The second-order valence-electron chi connectivity index (χ2n) is 9.22. The summed E-state index contributed by atoms with van der Waals surface area (Å²) < 4.78 is 41.1. The number of benzene rings is 3.